The first-order valence-electron chi connectivity index (χ1n) is 8.46. The van der Waals surface area contributed by atoms with Crippen LogP contribution in [0.4, 0.5) is 0 Å². The van der Waals surface area contributed by atoms with Gasteiger partial charge in [0.05, 0.1) is 18.8 Å². The Bertz CT molecular complexity index is 635. The topological polar surface area (TPSA) is 62.6 Å². The molecule has 1 aromatic rings. The molecule has 0 atom stereocenters. The minimum atomic E-state index is -3.41. The zero-order chi connectivity index (χ0) is 18.5. The van der Waals surface area contributed by atoms with E-state index < -0.39 is 10.0 Å². The zero-order valence-corrected chi connectivity index (χ0v) is 16.5. The molecular formula is C17H31N3O3S. The number of hydrogen-bond acceptors (Lipinski definition) is 3. The van der Waals surface area contributed by atoms with Crippen molar-refractivity contribution in [1.29, 1.82) is 0 Å². The van der Waals surface area contributed by atoms with Crippen LogP contribution in [-0.4, -0.2) is 53.0 Å². The highest BCUT2D eigenvalue weighted by molar-refractivity contribution is 7.89. The van der Waals surface area contributed by atoms with Gasteiger partial charge in [-0.3, -0.25) is 4.79 Å². The predicted octanol–water partition coefficient (Wildman–Crippen LogP) is 2.07. The molecule has 0 bridgehead atoms. The summed E-state index contributed by atoms with van der Waals surface area (Å²) in [7, 11) is -1.47. The smallest absolute Gasteiger partial charge is 0.238 e. The van der Waals surface area contributed by atoms with Gasteiger partial charge in [0.1, 0.15) is 0 Å². The lowest BCUT2D eigenvalue weighted by atomic mass is 10.2. The van der Waals surface area contributed by atoms with Crippen molar-refractivity contribution in [1.82, 2.24) is 13.8 Å². The molecule has 0 aliphatic carbocycles. The van der Waals surface area contributed by atoms with Crippen LogP contribution >= 0.6 is 0 Å². The van der Waals surface area contributed by atoms with Crippen LogP contribution in [0, 0.1) is 5.92 Å². The normalized spacial score (nSPS) is 12.4. The van der Waals surface area contributed by atoms with Gasteiger partial charge in [-0.25, -0.2) is 8.42 Å². The Morgan fingerprint density at radius 2 is 1.88 bits per heavy atom. The number of carbonyl (C=O) groups is 1. The van der Waals surface area contributed by atoms with E-state index in [1.54, 1.807) is 25.7 Å². The molecule has 0 N–H and O–H groups in total. The number of hydrogen-bond donors (Lipinski definition) is 0. The molecule has 0 fully saturated rings. The number of nitrogens with zero attached hydrogens (tertiary/aromatic N) is 3. The van der Waals surface area contributed by atoms with Gasteiger partial charge in [0.15, 0.2) is 0 Å². The van der Waals surface area contributed by atoms with E-state index in [9.17, 15) is 13.2 Å². The first-order chi connectivity index (χ1) is 11.1. The Morgan fingerprint density at radius 1 is 1.25 bits per heavy atom. The van der Waals surface area contributed by atoms with Crippen molar-refractivity contribution in [3.8, 4) is 0 Å². The Hall–Kier alpha value is -1.34. The van der Waals surface area contributed by atoms with E-state index in [0.717, 1.165) is 5.69 Å². The third-order valence-electron chi connectivity index (χ3n) is 3.93. The maximum Gasteiger partial charge on any atom is 0.238 e. The van der Waals surface area contributed by atoms with E-state index in [1.807, 2.05) is 43.8 Å². The van der Waals surface area contributed by atoms with Crippen molar-refractivity contribution in [2.24, 2.45) is 13.0 Å². The minimum absolute atomic E-state index is 0.000448. The fourth-order valence-electron chi connectivity index (χ4n) is 2.55. The maximum atomic E-state index is 12.8. The second-order valence-electron chi connectivity index (χ2n) is 6.82. The van der Waals surface area contributed by atoms with Crippen molar-refractivity contribution in [2.45, 2.75) is 47.2 Å². The second-order valence-corrected chi connectivity index (χ2v) is 9.03. The van der Waals surface area contributed by atoms with Gasteiger partial charge in [0.2, 0.25) is 15.9 Å². The lowest BCUT2D eigenvalue weighted by Gasteiger charge is -2.30. The molecule has 1 heterocycles. The van der Waals surface area contributed by atoms with Gasteiger partial charge in [0, 0.05) is 31.5 Å². The Kier molecular flexibility index (Phi) is 7.48. The van der Waals surface area contributed by atoms with Crippen LogP contribution in [0.2, 0.25) is 0 Å². The van der Waals surface area contributed by atoms with Crippen LogP contribution in [0.15, 0.2) is 18.3 Å². The van der Waals surface area contributed by atoms with Gasteiger partial charge in [-0.1, -0.05) is 13.8 Å². The summed E-state index contributed by atoms with van der Waals surface area (Å²) in [5.41, 5.74) is 1.03. The van der Waals surface area contributed by atoms with Crippen molar-refractivity contribution in [2.75, 3.05) is 18.8 Å². The molecule has 0 saturated heterocycles. The molecule has 1 rings (SSSR count). The summed E-state index contributed by atoms with van der Waals surface area (Å²) in [6.45, 7) is 10.3. The van der Waals surface area contributed by atoms with E-state index in [4.69, 9.17) is 0 Å². The number of aryl methyl sites for hydroxylation is 1. The predicted molar refractivity (Wildman–Crippen MR) is 97.0 cm³/mol. The average Bonchev–Trinajstić information content (AvgIpc) is 2.88. The van der Waals surface area contributed by atoms with E-state index in [-0.39, 0.29) is 24.2 Å². The number of rotatable bonds is 9. The number of amides is 1. The molecule has 7 heteroatoms. The van der Waals surface area contributed by atoms with E-state index in [0.29, 0.717) is 19.0 Å². The maximum absolute atomic E-state index is 12.8. The molecule has 24 heavy (non-hydrogen) atoms. The fraction of sp³-hybridized carbons (Fsp3) is 0.706. The van der Waals surface area contributed by atoms with Gasteiger partial charge < -0.3 is 9.47 Å². The molecule has 0 aliphatic rings. The molecule has 0 unspecified atom stereocenters. The third-order valence-corrected chi connectivity index (χ3v) is 5.93. The monoisotopic (exact) mass is 357 g/mol. The summed E-state index contributed by atoms with van der Waals surface area (Å²) >= 11 is 0. The van der Waals surface area contributed by atoms with E-state index >= 15 is 0 Å². The Labute approximate surface area is 146 Å². The summed E-state index contributed by atoms with van der Waals surface area (Å²) < 4.78 is 27.8. The Morgan fingerprint density at radius 3 is 2.29 bits per heavy atom. The van der Waals surface area contributed by atoms with Crippen LogP contribution in [0.5, 0.6) is 0 Å². The summed E-state index contributed by atoms with van der Waals surface area (Å²) in [6.07, 6.45) is 1.94. The van der Waals surface area contributed by atoms with Gasteiger partial charge in [0.25, 0.3) is 0 Å². The lowest BCUT2D eigenvalue weighted by Crippen LogP contribution is -2.47. The first kappa shape index (κ1) is 20.7. The van der Waals surface area contributed by atoms with Crippen molar-refractivity contribution >= 4 is 15.9 Å². The van der Waals surface area contributed by atoms with Gasteiger partial charge in [-0.05, 0) is 38.8 Å². The molecule has 1 aromatic heterocycles. The van der Waals surface area contributed by atoms with Crippen molar-refractivity contribution in [3.63, 3.8) is 0 Å². The van der Waals surface area contributed by atoms with Crippen LogP contribution < -0.4 is 0 Å². The standard InChI is InChI=1S/C17H31N3O3S/c1-7-24(22,23)20(15(4)5)13-17(21)19(11-14(2)3)12-16-9-8-10-18(16)6/h8-10,14-15H,7,11-13H2,1-6H3. The van der Waals surface area contributed by atoms with E-state index in [2.05, 4.69) is 0 Å². The molecule has 0 aliphatic heterocycles. The number of sulfonamides is 1. The summed E-state index contributed by atoms with van der Waals surface area (Å²) in [5, 5.41) is 0. The van der Waals surface area contributed by atoms with Crippen molar-refractivity contribution in [3.05, 3.63) is 24.0 Å². The summed E-state index contributed by atoms with van der Waals surface area (Å²) in [6, 6.07) is 3.67. The second kappa shape index (κ2) is 8.67. The lowest BCUT2D eigenvalue weighted by molar-refractivity contribution is -0.132. The number of carbonyl (C=O) groups excluding carboxylic acids is 1. The fourth-order valence-corrected chi connectivity index (χ4v) is 3.83. The molecule has 0 radical (unpaired) electrons. The minimum Gasteiger partial charge on any atom is -0.353 e. The molecule has 0 saturated carbocycles. The summed E-state index contributed by atoms with van der Waals surface area (Å²) in [4.78, 5) is 14.6. The molecule has 6 nitrogen and oxygen atoms in total. The molecular weight excluding hydrogens is 326 g/mol. The van der Waals surface area contributed by atoms with Gasteiger partial charge in [-0.2, -0.15) is 4.31 Å². The van der Waals surface area contributed by atoms with E-state index in [1.165, 1.54) is 4.31 Å². The average molecular weight is 358 g/mol. The SMILES string of the molecule is CCS(=O)(=O)N(CC(=O)N(Cc1cccn1C)CC(C)C)C(C)C. The highest BCUT2D eigenvalue weighted by Gasteiger charge is 2.28. The van der Waals surface area contributed by atoms with Crippen LogP contribution in [0.1, 0.15) is 40.3 Å². The molecule has 138 valence electrons. The Balaban J connectivity index is 2.96. The van der Waals surface area contributed by atoms with Gasteiger partial charge in [-0.15, -0.1) is 0 Å². The largest absolute Gasteiger partial charge is 0.353 e. The summed E-state index contributed by atoms with van der Waals surface area (Å²) in [5.74, 6) is 0.153. The number of aromatic nitrogens is 1. The quantitative estimate of drug-likeness (QED) is 0.680. The van der Waals surface area contributed by atoms with Crippen LogP contribution in [-0.2, 0) is 28.4 Å². The third kappa shape index (κ3) is 5.63. The molecule has 0 aromatic carbocycles. The molecule has 1 amide bonds. The highest BCUT2D eigenvalue weighted by atomic mass is 32.2. The van der Waals surface area contributed by atoms with Crippen LogP contribution in [0.3, 0.4) is 0 Å². The van der Waals surface area contributed by atoms with Gasteiger partial charge >= 0.3 is 0 Å². The highest BCUT2D eigenvalue weighted by Crippen LogP contribution is 2.12. The first-order valence-corrected chi connectivity index (χ1v) is 10.1. The van der Waals surface area contributed by atoms with Crippen LogP contribution in [0.25, 0.3) is 0 Å². The van der Waals surface area contributed by atoms with Crippen molar-refractivity contribution < 1.29 is 13.2 Å². The molecule has 0 spiro atoms. The zero-order valence-electron chi connectivity index (χ0n) is 15.7.